The van der Waals surface area contributed by atoms with Gasteiger partial charge in [-0.1, -0.05) is 12.1 Å². The second-order valence-corrected chi connectivity index (χ2v) is 3.89. The molecule has 1 rings (SSSR count). The zero-order chi connectivity index (χ0) is 9.68. The molecule has 1 aromatic rings. The summed E-state index contributed by atoms with van der Waals surface area (Å²) >= 11 is 1.62. The number of aromatic hydroxyl groups is 1. The van der Waals surface area contributed by atoms with Gasteiger partial charge in [-0.15, -0.1) is 0 Å². The average molecular weight is 198 g/mol. The summed E-state index contributed by atoms with van der Waals surface area (Å²) in [5, 5.41) is 18.7. The topological polar surface area (TPSA) is 40.5 Å². The van der Waals surface area contributed by atoms with Gasteiger partial charge >= 0.3 is 0 Å². The molecule has 0 saturated carbocycles. The number of hydrogen-bond acceptors (Lipinski definition) is 3. The molecule has 0 amide bonds. The predicted octanol–water partition coefficient (Wildman–Crippen LogP) is 1.66. The van der Waals surface area contributed by atoms with E-state index in [4.69, 9.17) is 5.11 Å². The highest BCUT2D eigenvalue weighted by atomic mass is 32.2. The summed E-state index contributed by atoms with van der Waals surface area (Å²) in [6, 6.07) is 7.01. The monoisotopic (exact) mass is 198 g/mol. The second kappa shape index (κ2) is 5.14. The molecule has 0 radical (unpaired) electrons. The third kappa shape index (κ3) is 3.70. The molecule has 0 aliphatic heterocycles. The summed E-state index contributed by atoms with van der Waals surface area (Å²) in [5.74, 6) is 0.990. The Labute approximate surface area is 82.6 Å². The van der Waals surface area contributed by atoms with Gasteiger partial charge in [0.2, 0.25) is 0 Å². The lowest BCUT2D eigenvalue weighted by atomic mass is 10.1. The number of aliphatic hydroxyl groups is 1. The molecule has 0 bridgehead atoms. The molecule has 2 N–H and O–H groups in total. The molecule has 0 fully saturated rings. The molecule has 72 valence electrons. The van der Waals surface area contributed by atoms with Crippen LogP contribution in [-0.2, 0) is 6.42 Å². The molecule has 3 heteroatoms. The van der Waals surface area contributed by atoms with Crippen LogP contribution >= 0.6 is 11.8 Å². The molecule has 0 heterocycles. The maximum atomic E-state index is 9.49. The standard InChI is InChI=1S/C10H14O2S/c1-13-7-10(12)6-8-3-2-4-9(11)5-8/h2-5,10-12H,6-7H2,1H3. The van der Waals surface area contributed by atoms with Crippen LogP contribution in [0.15, 0.2) is 24.3 Å². The minimum atomic E-state index is -0.322. The molecule has 0 aliphatic rings. The predicted molar refractivity (Wildman–Crippen MR) is 56.2 cm³/mol. The summed E-state index contributed by atoms with van der Waals surface area (Å²) in [4.78, 5) is 0. The van der Waals surface area contributed by atoms with Gasteiger partial charge in [0, 0.05) is 5.75 Å². The first-order valence-electron chi connectivity index (χ1n) is 4.17. The smallest absolute Gasteiger partial charge is 0.115 e. The zero-order valence-electron chi connectivity index (χ0n) is 7.60. The van der Waals surface area contributed by atoms with E-state index >= 15 is 0 Å². The van der Waals surface area contributed by atoms with Crippen LogP contribution in [0.1, 0.15) is 5.56 Å². The van der Waals surface area contributed by atoms with Crippen molar-refractivity contribution < 1.29 is 10.2 Å². The van der Waals surface area contributed by atoms with E-state index in [1.807, 2.05) is 12.3 Å². The molecule has 13 heavy (non-hydrogen) atoms. The minimum Gasteiger partial charge on any atom is -0.508 e. The second-order valence-electron chi connectivity index (χ2n) is 2.98. The molecule has 1 unspecified atom stereocenters. The summed E-state index contributed by atoms with van der Waals surface area (Å²) in [5.41, 5.74) is 0.974. The number of thioether (sulfide) groups is 1. The largest absolute Gasteiger partial charge is 0.508 e. The van der Waals surface area contributed by atoms with Crippen molar-refractivity contribution in [1.82, 2.24) is 0 Å². The Bertz CT molecular complexity index is 263. The molecule has 0 saturated heterocycles. The molecule has 1 atom stereocenters. The number of aliphatic hydroxyl groups excluding tert-OH is 1. The first-order chi connectivity index (χ1) is 6.22. The number of rotatable bonds is 4. The normalized spacial score (nSPS) is 12.8. The van der Waals surface area contributed by atoms with Gasteiger partial charge in [0.15, 0.2) is 0 Å². The van der Waals surface area contributed by atoms with Crippen LogP contribution in [0.5, 0.6) is 5.75 Å². The van der Waals surface area contributed by atoms with Crippen molar-refractivity contribution in [3.8, 4) is 5.75 Å². The lowest BCUT2D eigenvalue weighted by Crippen LogP contribution is -2.12. The third-order valence-electron chi connectivity index (χ3n) is 1.74. The highest BCUT2D eigenvalue weighted by molar-refractivity contribution is 7.98. The van der Waals surface area contributed by atoms with E-state index in [0.717, 1.165) is 11.3 Å². The van der Waals surface area contributed by atoms with Gasteiger partial charge in [-0.2, -0.15) is 11.8 Å². The Morgan fingerprint density at radius 3 is 2.85 bits per heavy atom. The summed E-state index contributed by atoms with van der Waals surface area (Å²) in [7, 11) is 0. The first-order valence-corrected chi connectivity index (χ1v) is 5.56. The summed E-state index contributed by atoms with van der Waals surface area (Å²) in [6.07, 6.45) is 2.25. The van der Waals surface area contributed by atoms with E-state index < -0.39 is 0 Å². The van der Waals surface area contributed by atoms with Crippen LogP contribution in [0.3, 0.4) is 0 Å². The minimum absolute atomic E-state index is 0.258. The Hall–Kier alpha value is -0.670. The van der Waals surface area contributed by atoms with Crippen molar-refractivity contribution in [3.05, 3.63) is 29.8 Å². The van der Waals surface area contributed by atoms with E-state index in [-0.39, 0.29) is 11.9 Å². The van der Waals surface area contributed by atoms with Crippen LogP contribution in [-0.4, -0.2) is 28.3 Å². The van der Waals surface area contributed by atoms with Crippen LogP contribution in [0.25, 0.3) is 0 Å². The summed E-state index contributed by atoms with van der Waals surface area (Å²) in [6.45, 7) is 0. The Morgan fingerprint density at radius 2 is 2.23 bits per heavy atom. The SMILES string of the molecule is CSCC(O)Cc1cccc(O)c1. The van der Waals surface area contributed by atoms with Gasteiger partial charge in [-0.05, 0) is 30.4 Å². The maximum absolute atomic E-state index is 9.49. The van der Waals surface area contributed by atoms with Crippen molar-refractivity contribution in [2.24, 2.45) is 0 Å². The van der Waals surface area contributed by atoms with Crippen LogP contribution < -0.4 is 0 Å². The van der Waals surface area contributed by atoms with Crippen molar-refractivity contribution in [2.45, 2.75) is 12.5 Å². The van der Waals surface area contributed by atoms with Gasteiger partial charge in [0.1, 0.15) is 5.75 Å². The van der Waals surface area contributed by atoms with Crippen molar-refractivity contribution in [1.29, 1.82) is 0 Å². The molecule has 1 aromatic carbocycles. The number of phenols is 1. The lowest BCUT2D eigenvalue weighted by molar-refractivity contribution is 0.200. The van der Waals surface area contributed by atoms with Crippen LogP contribution in [0.4, 0.5) is 0 Å². The first kappa shape index (κ1) is 10.4. The molecule has 2 nitrogen and oxygen atoms in total. The van der Waals surface area contributed by atoms with Crippen molar-refractivity contribution in [2.75, 3.05) is 12.0 Å². The maximum Gasteiger partial charge on any atom is 0.115 e. The highest BCUT2D eigenvalue weighted by Crippen LogP contribution is 2.13. The third-order valence-corrected chi connectivity index (χ3v) is 2.46. The fourth-order valence-corrected chi connectivity index (χ4v) is 1.71. The van der Waals surface area contributed by atoms with E-state index in [9.17, 15) is 5.11 Å². The van der Waals surface area contributed by atoms with E-state index in [1.165, 1.54) is 0 Å². The fraction of sp³-hybridized carbons (Fsp3) is 0.400. The van der Waals surface area contributed by atoms with E-state index in [0.29, 0.717) is 6.42 Å². The average Bonchev–Trinajstić information content (AvgIpc) is 2.04. The van der Waals surface area contributed by atoms with Gasteiger partial charge in [-0.3, -0.25) is 0 Å². The van der Waals surface area contributed by atoms with Gasteiger partial charge in [0.05, 0.1) is 6.10 Å². The molecular weight excluding hydrogens is 184 g/mol. The fourth-order valence-electron chi connectivity index (χ4n) is 1.21. The molecule has 0 spiro atoms. The molecule has 0 aromatic heterocycles. The van der Waals surface area contributed by atoms with Gasteiger partial charge in [0.25, 0.3) is 0 Å². The highest BCUT2D eigenvalue weighted by Gasteiger charge is 2.04. The molecule has 0 aliphatic carbocycles. The van der Waals surface area contributed by atoms with Crippen molar-refractivity contribution >= 4 is 11.8 Å². The van der Waals surface area contributed by atoms with Gasteiger partial charge in [-0.25, -0.2) is 0 Å². The quantitative estimate of drug-likeness (QED) is 0.773. The Morgan fingerprint density at radius 1 is 1.46 bits per heavy atom. The number of hydrogen-bond donors (Lipinski definition) is 2. The van der Waals surface area contributed by atoms with E-state index in [1.54, 1.807) is 30.0 Å². The Balaban J connectivity index is 2.53. The number of benzene rings is 1. The number of phenolic OH excluding ortho intramolecular Hbond substituents is 1. The van der Waals surface area contributed by atoms with Crippen LogP contribution in [0.2, 0.25) is 0 Å². The summed E-state index contributed by atoms with van der Waals surface area (Å²) < 4.78 is 0. The lowest BCUT2D eigenvalue weighted by Gasteiger charge is -2.08. The molecular formula is C10H14O2S. The Kier molecular flexibility index (Phi) is 4.12. The van der Waals surface area contributed by atoms with E-state index in [2.05, 4.69) is 0 Å². The van der Waals surface area contributed by atoms with Crippen LogP contribution in [0, 0.1) is 0 Å². The zero-order valence-corrected chi connectivity index (χ0v) is 8.42. The van der Waals surface area contributed by atoms with Gasteiger partial charge < -0.3 is 10.2 Å². The van der Waals surface area contributed by atoms with Crippen molar-refractivity contribution in [3.63, 3.8) is 0 Å².